The van der Waals surface area contributed by atoms with Gasteiger partial charge in [0.1, 0.15) is 5.82 Å². The molecule has 0 spiro atoms. The Morgan fingerprint density at radius 3 is 2.42 bits per heavy atom. The summed E-state index contributed by atoms with van der Waals surface area (Å²) in [5.41, 5.74) is 1.07. The number of halogens is 1. The van der Waals surface area contributed by atoms with E-state index < -0.39 is 0 Å². The van der Waals surface area contributed by atoms with Crippen molar-refractivity contribution in [3.05, 3.63) is 35.6 Å². The van der Waals surface area contributed by atoms with Gasteiger partial charge in [-0.15, -0.1) is 0 Å². The average molecular weight is 335 g/mol. The monoisotopic (exact) mass is 335 g/mol. The van der Waals surface area contributed by atoms with Gasteiger partial charge in [0.25, 0.3) is 0 Å². The van der Waals surface area contributed by atoms with Gasteiger partial charge in [-0.05, 0) is 24.1 Å². The number of hydrogen-bond donors (Lipinski definition) is 0. The van der Waals surface area contributed by atoms with Crippen LogP contribution < -0.4 is 0 Å². The first kappa shape index (κ1) is 18.4. The summed E-state index contributed by atoms with van der Waals surface area (Å²) in [6.07, 6.45) is 0.795. The van der Waals surface area contributed by atoms with E-state index in [0.29, 0.717) is 19.6 Å². The van der Waals surface area contributed by atoms with Gasteiger partial charge in [0.15, 0.2) is 0 Å². The van der Waals surface area contributed by atoms with Crippen LogP contribution in [0.5, 0.6) is 0 Å². The maximum Gasteiger partial charge on any atom is 0.228 e. The van der Waals surface area contributed by atoms with Crippen LogP contribution in [0.4, 0.5) is 4.39 Å². The number of hydrogen-bond acceptors (Lipinski definition) is 3. The van der Waals surface area contributed by atoms with Crippen LogP contribution in [-0.4, -0.2) is 73.3 Å². The lowest BCUT2D eigenvalue weighted by Gasteiger charge is -2.25. The van der Waals surface area contributed by atoms with Crippen molar-refractivity contribution in [3.8, 4) is 0 Å². The molecule has 132 valence electrons. The molecule has 1 atom stereocenters. The number of carbonyl (C=O) groups excluding carboxylic acids is 2. The van der Waals surface area contributed by atoms with Gasteiger partial charge in [-0.2, -0.15) is 0 Å². The van der Waals surface area contributed by atoms with E-state index in [2.05, 4.69) is 4.90 Å². The van der Waals surface area contributed by atoms with Crippen LogP contribution in [0.3, 0.4) is 0 Å². The average Bonchev–Trinajstić information content (AvgIpc) is 2.76. The van der Waals surface area contributed by atoms with Crippen LogP contribution in [0, 0.1) is 11.7 Å². The Morgan fingerprint density at radius 2 is 1.83 bits per heavy atom. The highest BCUT2D eigenvalue weighted by molar-refractivity contribution is 5.80. The Labute approximate surface area is 143 Å². The van der Waals surface area contributed by atoms with E-state index in [0.717, 1.165) is 25.1 Å². The van der Waals surface area contributed by atoms with Gasteiger partial charge in [0.2, 0.25) is 11.8 Å². The second kappa shape index (κ2) is 8.24. The summed E-state index contributed by atoms with van der Waals surface area (Å²) in [7, 11) is 3.49. The maximum atomic E-state index is 13.0. The van der Waals surface area contributed by atoms with E-state index in [9.17, 15) is 14.0 Å². The molecule has 24 heavy (non-hydrogen) atoms. The van der Waals surface area contributed by atoms with Crippen molar-refractivity contribution >= 4 is 11.8 Å². The lowest BCUT2D eigenvalue weighted by atomic mass is 10.1. The molecule has 1 unspecified atom stereocenters. The van der Waals surface area contributed by atoms with Crippen molar-refractivity contribution in [2.24, 2.45) is 5.92 Å². The van der Waals surface area contributed by atoms with Crippen molar-refractivity contribution in [1.82, 2.24) is 14.7 Å². The van der Waals surface area contributed by atoms with Crippen LogP contribution in [0.25, 0.3) is 0 Å². The van der Waals surface area contributed by atoms with Gasteiger partial charge in [0, 0.05) is 53.7 Å². The molecule has 1 aromatic rings. The van der Waals surface area contributed by atoms with E-state index in [1.807, 2.05) is 0 Å². The summed E-state index contributed by atoms with van der Waals surface area (Å²) in [4.78, 5) is 29.7. The summed E-state index contributed by atoms with van der Waals surface area (Å²) < 4.78 is 13.0. The molecule has 1 saturated heterocycles. The number of rotatable bonds is 4. The predicted molar refractivity (Wildman–Crippen MR) is 91.0 cm³/mol. The first-order valence-corrected chi connectivity index (χ1v) is 8.30. The SMILES string of the molecule is CC(=O)N1CCN(CCc2ccc(F)cc2)CC(C(=O)N(C)C)C1. The number of benzene rings is 1. The molecule has 0 N–H and O–H groups in total. The molecule has 2 rings (SSSR count). The zero-order chi connectivity index (χ0) is 17.7. The molecule has 0 radical (unpaired) electrons. The summed E-state index contributed by atoms with van der Waals surface area (Å²) >= 11 is 0. The Kier molecular flexibility index (Phi) is 6.31. The Hall–Kier alpha value is -1.95. The van der Waals surface area contributed by atoms with Crippen LogP contribution in [0.2, 0.25) is 0 Å². The highest BCUT2D eigenvalue weighted by Crippen LogP contribution is 2.13. The summed E-state index contributed by atoms with van der Waals surface area (Å²) in [6, 6.07) is 6.51. The third-order valence-corrected chi connectivity index (χ3v) is 4.47. The molecule has 1 aliphatic rings. The topological polar surface area (TPSA) is 43.9 Å². The summed E-state index contributed by atoms with van der Waals surface area (Å²) in [5, 5.41) is 0. The molecular weight excluding hydrogens is 309 g/mol. The molecule has 1 aliphatic heterocycles. The van der Waals surface area contributed by atoms with Crippen molar-refractivity contribution < 1.29 is 14.0 Å². The summed E-state index contributed by atoms with van der Waals surface area (Å²) in [5.74, 6) is -0.385. The fraction of sp³-hybridized carbons (Fsp3) is 0.556. The number of amides is 2. The van der Waals surface area contributed by atoms with E-state index in [1.165, 1.54) is 12.1 Å². The minimum atomic E-state index is -0.234. The highest BCUT2D eigenvalue weighted by Gasteiger charge is 2.29. The van der Waals surface area contributed by atoms with Gasteiger partial charge in [0.05, 0.1) is 5.92 Å². The van der Waals surface area contributed by atoms with Gasteiger partial charge >= 0.3 is 0 Å². The first-order valence-electron chi connectivity index (χ1n) is 8.30. The van der Waals surface area contributed by atoms with Crippen LogP contribution in [0.15, 0.2) is 24.3 Å². The maximum absolute atomic E-state index is 13.0. The molecule has 2 amide bonds. The third-order valence-electron chi connectivity index (χ3n) is 4.47. The molecule has 0 bridgehead atoms. The fourth-order valence-corrected chi connectivity index (χ4v) is 3.03. The molecule has 5 nitrogen and oxygen atoms in total. The van der Waals surface area contributed by atoms with Crippen molar-refractivity contribution in [3.63, 3.8) is 0 Å². The standard InChI is InChI=1S/C18H26FN3O2/c1-14(23)22-11-10-21(12-16(13-22)18(24)20(2)3)9-8-15-4-6-17(19)7-5-15/h4-7,16H,8-13H2,1-3H3. The minimum absolute atomic E-state index is 0.00643. The second-order valence-electron chi connectivity index (χ2n) is 6.57. The van der Waals surface area contributed by atoms with E-state index >= 15 is 0 Å². The summed E-state index contributed by atoms with van der Waals surface area (Å²) in [6.45, 7) is 4.83. The van der Waals surface area contributed by atoms with E-state index in [4.69, 9.17) is 0 Å². The van der Waals surface area contributed by atoms with Gasteiger partial charge < -0.3 is 14.7 Å². The molecular formula is C18H26FN3O2. The van der Waals surface area contributed by atoms with Gasteiger partial charge in [-0.3, -0.25) is 9.59 Å². The van der Waals surface area contributed by atoms with Crippen LogP contribution in [-0.2, 0) is 16.0 Å². The van der Waals surface area contributed by atoms with Crippen molar-refractivity contribution in [1.29, 1.82) is 0 Å². The smallest absolute Gasteiger partial charge is 0.228 e. The van der Waals surface area contributed by atoms with Crippen molar-refractivity contribution in [2.45, 2.75) is 13.3 Å². The lowest BCUT2D eigenvalue weighted by Crippen LogP contribution is -2.41. The quantitative estimate of drug-likeness (QED) is 0.831. The second-order valence-corrected chi connectivity index (χ2v) is 6.57. The van der Waals surface area contributed by atoms with Gasteiger partial charge in [-0.1, -0.05) is 12.1 Å². The molecule has 0 aromatic heterocycles. The molecule has 1 fully saturated rings. The molecule has 1 heterocycles. The van der Waals surface area contributed by atoms with E-state index in [-0.39, 0.29) is 23.5 Å². The normalized spacial score (nSPS) is 19.0. The number of carbonyl (C=O) groups is 2. The molecule has 1 aromatic carbocycles. The van der Waals surface area contributed by atoms with E-state index in [1.54, 1.807) is 43.0 Å². The Balaban J connectivity index is 2.02. The molecule has 6 heteroatoms. The Morgan fingerprint density at radius 1 is 1.17 bits per heavy atom. The highest BCUT2D eigenvalue weighted by atomic mass is 19.1. The zero-order valence-electron chi connectivity index (χ0n) is 14.7. The van der Waals surface area contributed by atoms with Crippen LogP contribution >= 0.6 is 0 Å². The Bertz CT molecular complexity index is 574. The largest absolute Gasteiger partial charge is 0.348 e. The van der Waals surface area contributed by atoms with Gasteiger partial charge in [-0.25, -0.2) is 4.39 Å². The number of nitrogens with zero attached hydrogens (tertiary/aromatic N) is 3. The van der Waals surface area contributed by atoms with Crippen molar-refractivity contribution in [2.75, 3.05) is 46.8 Å². The first-order chi connectivity index (χ1) is 11.4. The zero-order valence-corrected chi connectivity index (χ0v) is 14.7. The molecule has 0 saturated carbocycles. The predicted octanol–water partition coefficient (Wildman–Crippen LogP) is 1.24. The third kappa shape index (κ3) is 5.03. The van der Waals surface area contributed by atoms with Crippen LogP contribution in [0.1, 0.15) is 12.5 Å². The lowest BCUT2D eigenvalue weighted by molar-refractivity contribution is -0.135. The molecule has 0 aliphatic carbocycles. The minimum Gasteiger partial charge on any atom is -0.348 e. The fourth-order valence-electron chi connectivity index (χ4n) is 3.03.